The van der Waals surface area contributed by atoms with Crippen LogP contribution in [0.4, 0.5) is 5.69 Å². The molecule has 2 unspecified atom stereocenters. The number of rotatable bonds is 3. The Morgan fingerprint density at radius 2 is 2.17 bits per heavy atom. The fraction of sp³-hybridized carbons (Fsp3) is 0.500. The van der Waals surface area contributed by atoms with Crippen molar-refractivity contribution >= 4 is 17.3 Å². The maximum atomic E-state index is 9.33. The molecular weight excluding hydrogens is 248 g/mol. The number of hydrogen-bond acceptors (Lipinski definition) is 3. The fourth-order valence-electron chi connectivity index (χ4n) is 2.84. The second-order valence-electron chi connectivity index (χ2n) is 5.14. The normalized spacial score (nSPS) is 24.8. The Labute approximate surface area is 112 Å². The van der Waals surface area contributed by atoms with Crippen molar-refractivity contribution in [1.82, 2.24) is 0 Å². The van der Waals surface area contributed by atoms with Crippen molar-refractivity contribution < 1.29 is 4.74 Å². The Morgan fingerprint density at radius 1 is 1.44 bits per heavy atom. The third-order valence-electron chi connectivity index (χ3n) is 3.93. The predicted molar refractivity (Wildman–Crippen MR) is 70.7 cm³/mol. The molecule has 0 amide bonds. The molecule has 1 heterocycles. The van der Waals surface area contributed by atoms with Crippen LogP contribution in [0.15, 0.2) is 12.1 Å². The van der Waals surface area contributed by atoms with Gasteiger partial charge in [-0.15, -0.1) is 0 Å². The molecule has 4 heteroatoms. The minimum absolute atomic E-state index is 0.443. The van der Waals surface area contributed by atoms with Crippen LogP contribution >= 0.6 is 11.6 Å². The summed E-state index contributed by atoms with van der Waals surface area (Å²) in [5.74, 6) is 1.68. The Bertz CT molecular complexity index is 513. The molecule has 2 atom stereocenters. The van der Waals surface area contributed by atoms with Gasteiger partial charge in [0.2, 0.25) is 0 Å². The van der Waals surface area contributed by atoms with Gasteiger partial charge < -0.3 is 9.64 Å². The van der Waals surface area contributed by atoms with Crippen LogP contribution in [-0.4, -0.2) is 20.2 Å². The number of nitrogens with zero attached hydrogens (tertiary/aromatic N) is 2. The molecule has 1 aliphatic carbocycles. The van der Waals surface area contributed by atoms with Gasteiger partial charge in [0.1, 0.15) is 6.07 Å². The molecular formula is C14H15ClN2O. The number of piperidine rings is 1. The molecule has 2 fully saturated rings. The van der Waals surface area contributed by atoms with E-state index in [4.69, 9.17) is 16.3 Å². The van der Waals surface area contributed by atoms with Crippen LogP contribution in [0.5, 0.6) is 0 Å². The summed E-state index contributed by atoms with van der Waals surface area (Å²) in [4.78, 5) is 2.29. The van der Waals surface area contributed by atoms with Gasteiger partial charge in [0.05, 0.1) is 22.9 Å². The highest BCUT2D eigenvalue weighted by Crippen LogP contribution is 2.47. The van der Waals surface area contributed by atoms with E-state index in [2.05, 4.69) is 11.0 Å². The van der Waals surface area contributed by atoms with Crippen LogP contribution in [0.25, 0.3) is 0 Å². The van der Waals surface area contributed by atoms with E-state index in [9.17, 15) is 5.26 Å². The van der Waals surface area contributed by atoms with E-state index in [1.54, 1.807) is 7.11 Å². The quantitative estimate of drug-likeness (QED) is 0.840. The van der Waals surface area contributed by atoms with Gasteiger partial charge in [-0.3, -0.25) is 0 Å². The highest BCUT2D eigenvalue weighted by Gasteiger charge is 2.45. The molecule has 0 spiro atoms. The van der Waals surface area contributed by atoms with Gasteiger partial charge >= 0.3 is 0 Å². The highest BCUT2D eigenvalue weighted by atomic mass is 35.5. The maximum Gasteiger partial charge on any atom is 0.103 e. The molecule has 0 aromatic heterocycles. The summed E-state index contributed by atoms with van der Waals surface area (Å²) in [7, 11) is 1.63. The van der Waals surface area contributed by atoms with E-state index >= 15 is 0 Å². The summed E-state index contributed by atoms with van der Waals surface area (Å²) in [5.41, 5.74) is 2.45. The van der Waals surface area contributed by atoms with Gasteiger partial charge in [0, 0.05) is 20.2 Å². The predicted octanol–water partition coefficient (Wildman–Crippen LogP) is 2.81. The summed E-state index contributed by atoms with van der Waals surface area (Å²) in [6.07, 6.45) is 1.36. The SMILES string of the molecule is COCc1ccc(N2CC3CC3C2)c(C#N)c1Cl. The molecule has 0 N–H and O–H groups in total. The standard InChI is InChI=1S/C14H15ClN2O/c1-18-8-9-2-3-13(12(5-16)14(9)15)17-6-10-4-11(10)7-17/h2-3,10-11H,4,6-8H2,1H3. The van der Waals surface area contributed by atoms with Crippen molar-refractivity contribution in [1.29, 1.82) is 5.26 Å². The molecule has 0 bridgehead atoms. The highest BCUT2D eigenvalue weighted by molar-refractivity contribution is 6.33. The van der Waals surface area contributed by atoms with Gasteiger partial charge in [0.25, 0.3) is 0 Å². The molecule has 1 aromatic rings. The van der Waals surface area contributed by atoms with Gasteiger partial charge in [-0.25, -0.2) is 0 Å². The Balaban J connectivity index is 1.94. The first-order valence-electron chi connectivity index (χ1n) is 6.20. The molecule has 1 aromatic carbocycles. The zero-order chi connectivity index (χ0) is 12.7. The van der Waals surface area contributed by atoms with Crippen molar-refractivity contribution in [3.8, 4) is 6.07 Å². The number of ether oxygens (including phenoxy) is 1. The molecule has 18 heavy (non-hydrogen) atoms. The molecule has 1 saturated heterocycles. The second kappa shape index (κ2) is 4.46. The first kappa shape index (κ1) is 11.8. The van der Waals surface area contributed by atoms with E-state index in [0.717, 1.165) is 36.2 Å². The zero-order valence-electron chi connectivity index (χ0n) is 10.3. The topological polar surface area (TPSA) is 36.3 Å². The minimum Gasteiger partial charge on any atom is -0.380 e. The molecule has 94 valence electrons. The lowest BCUT2D eigenvalue weighted by atomic mass is 10.1. The Morgan fingerprint density at radius 3 is 2.78 bits per heavy atom. The number of methoxy groups -OCH3 is 1. The van der Waals surface area contributed by atoms with Gasteiger partial charge in [-0.1, -0.05) is 17.7 Å². The van der Waals surface area contributed by atoms with E-state index in [-0.39, 0.29) is 0 Å². The van der Waals surface area contributed by atoms with Crippen molar-refractivity contribution in [3.63, 3.8) is 0 Å². The first-order valence-corrected chi connectivity index (χ1v) is 6.57. The van der Waals surface area contributed by atoms with Crippen LogP contribution in [-0.2, 0) is 11.3 Å². The number of benzene rings is 1. The van der Waals surface area contributed by atoms with Crippen LogP contribution in [0.1, 0.15) is 17.5 Å². The maximum absolute atomic E-state index is 9.33. The average molecular weight is 263 g/mol. The number of halogens is 1. The lowest BCUT2D eigenvalue weighted by Gasteiger charge is -2.22. The van der Waals surface area contributed by atoms with Crippen molar-refractivity contribution in [2.24, 2.45) is 11.8 Å². The number of hydrogen-bond donors (Lipinski definition) is 0. The van der Waals surface area contributed by atoms with E-state index < -0.39 is 0 Å². The summed E-state index contributed by atoms with van der Waals surface area (Å²) in [5, 5.41) is 9.87. The summed E-state index contributed by atoms with van der Waals surface area (Å²) >= 11 is 6.29. The molecule has 3 rings (SSSR count). The summed E-state index contributed by atoms with van der Waals surface area (Å²) in [6.45, 7) is 2.58. The largest absolute Gasteiger partial charge is 0.380 e. The summed E-state index contributed by atoms with van der Waals surface area (Å²) in [6, 6.07) is 6.21. The lowest BCUT2D eigenvalue weighted by Crippen LogP contribution is -2.23. The van der Waals surface area contributed by atoms with Crippen LogP contribution in [0, 0.1) is 23.2 Å². The molecule has 1 aliphatic heterocycles. The molecule has 2 aliphatic rings. The third-order valence-corrected chi connectivity index (χ3v) is 4.36. The third kappa shape index (κ3) is 1.86. The van der Waals surface area contributed by atoms with Gasteiger partial charge in [-0.05, 0) is 29.9 Å². The first-order chi connectivity index (χ1) is 8.74. The Kier molecular flexibility index (Phi) is 2.93. The van der Waals surface area contributed by atoms with E-state index in [0.29, 0.717) is 17.2 Å². The minimum atomic E-state index is 0.443. The number of nitriles is 1. The van der Waals surface area contributed by atoms with Crippen molar-refractivity contribution in [2.75, 3.05) is 25.1 Å². The lowest BCUT2D eigenvalue weighted by molar-refractivity contribution is 0.185. The smallest absolute Gasteiger partial charge is 0.103 e. The number of fused-ring (bicyclic) bond motifs is 1. The van der Waals surface area contributed by atoms with Crippen LogP contribution in [0.3, 0.4) is 0 Å². The van der Waals surface area contributed by atoms with Crippen molar-refractivity contribution in [3.05, 3.63) is 28.3 Å². The van der Waals surface area contributed by atoms with Crippen molar-refractivity contribution in [2.45, 2.75) is 13.0 Å². The molecule has 1 saturated carbocycles. The van der Waals surface area contributed by atoms with E-state index in [1.807, 2.05) is 12.1 Å². The van der Waals surface area contributed by atoms with Gasteiger partial charge in [0.15, 0.2) is 0 Å². The molecule has 3 nitrogen and oxygen atoms in total. The second-order valence-corrected chi connectivity index (χ2v) is 5.52. The van der Waals surface area contributed by atoms with Crippen LogP contribution < -0.4 is 4.90 Å². The van der Waals surface area contributed by atoms with E-state index in [1.165, 1.54) is 6.42 Å². The van der Waals surface area contributed by atoms with Gasteiger partial charge in [-0.2, -0.15) is 5.26 Å². The summed E-state index contributed by atoms with van der Waals surface area (Å²) < 4.78 is 5.09. The zero-order valence-corrected chi connectivity index (χ0v) is 11.1. The number of anilines is 1. The fourth-order valence-corrected chi connectivity index (χ4v) is 3.10. The monoisotopic (exact) mass is 262 g/mol. The Hall–Kier alpha value is -1.24. The van der Waals surface area contributed by atoms with Crippen LogP contribution in [0.2, 0.25) is 5.02 Å². The molecule has 0 radical (unpaired) electrons. The average Bonchev–Trinajstić information content (AvgIpc) is 2.98.